The van der Waals surface area contributed by atoms with Crippen LogP contribution in [0.3, 0.4) is 0 Å². The van der Waals surface area contributed by atoms with Gasteiger partial charge in [0.2, 0.25) is 5.91 Å². The summed E-state index contributed by atoms with van der Waals surface area (Å²) in [4.78, 5) is 28.4. The van der Waals surface area contributed by atoms with Crippen LogP contribution >= 0.6 is 11.6 Å². The van der Waals surface area contributed by atoms with Gasteiger partial charge in [-0.15, -0.1) is 5.10 Å². The minimum atomic E-state index is -0.269. The Hall–Kier alpha value is -4.63. The molecule has 2 unspecified atom stereocenters. The van der Waals surface area contributed by atoms with Crippen LogP contribution in [0.25, 0.3) is 23.2 Å². The van der Waals surface area contributed by atoms with Gasteiger partial charge in [0.25, 0.3) is 0 Å². The number of halogens is 1. The Morgan fingerprint density at radius 3 is 2.72 bits per heavy atom. The summed E-state index contributed by atoms with van der Waals surface area (Å²) in [5.74, 6) is 0.713. The quantitative estimate of drug-likeness (QED) is 0.297. The number of amides is 1. The Bertz CT molecular complexity index is 1580. The van der Waals surface area contributed by atoms with Crippen LogP contribution in [-0.4, -0.2) is 52.5 Å². The molecular weight excluding hydrogens is 512 g/mol. The molecule has 1 saturated heterocycles. The molecular formula is C29H25ClN8O. The third-order valence-electron chi connectivity index (χ3n) is 6.95. The van der Waals surface area contributed by atoms with Crippen LogP contribution in [0.4, 0.5) is 0 Å². The predicted molar refractivity (Wildman–Crippen MR) is 148 cm³/mol. The molecule has 1 N–H and O–H groups in total. The van der Waals surface area contributed by atoms with Gasteiger partial charge in [0.05, 0.1) is 29.3 Å². The average molecular weight is 537 g/mol. The zero-order valence-electron chi connectivity index (χ0n) is 20.9. The normalized spacial score (nSPS) is 17.5. The number of carbonyl (C=O) groups is 1. The summed E-state index contributed by atoms with van der Waals surface area (Å²) in [7, 11) is 0. The van der Waals surface area contributed by atoms with E-state index in [1.807, 2.05) is 47.4 Å². The van der Waals surface area contributed by atoms with Gasteiger partial charge in [0.15, 0.2) is 0 Å². The van der Waals surface area contributed by atoms with Crippen LogP contribution in [0, 0.1) is 0 Å². The smallest absolute Gasteiger partial charge is 0.247 e. The molecule has 2 aromatic carbocycles. The minimum Gasteiger partial charge on any atom is -0.339 e. The molecule has 1 fully saturated rings. The average Bonchev–Trinajstić information content (AvgIpc) is 3.70. The fourth-order valence-electron chi connectivity index (χ4n) is 5.17. The van der Waals surface area contributed by atoms with Crippen LogP contribution in [0.15, 0.2) is 91.5 Å². The molecule has 3 aromatic heterocycles. The number of tetrazole rings is 1. The van der Waals surface area contributed by atoms with E-state index in [9.17, 15) is 4.79 Å². The molecule has 5 aromatic rings. The van der Waals surface area contributed by atoms with Gasteiger partial charge in [0, 0.05) is 35.3 Å². The fraction of sp³-hybridized carbons (Fsp3) is 0.172. The highest BCUT2D eigenvalue weighted by molar-refractivity contribution is 6.30. The highest BCUT2D eigenvalue weighted by atomic mass is 35.5. The topological polar surface area (TPSA) is 105 Å². The third kappa shape index (κ3) is 5.21. The second-order valence-electron chi connectivity index (χ2n) is 9.32. The number of piperidine rings is 1. The zero-order valence-corrected chi connectivity index (χ0v) is 21.7. The van der Waals surface area contributed by atoms with Crippen molar-refractivity contribution in [1.29, 1.82) is 0 Å². The van der Waals surface area contributed by atoms with E-state index in [1.165, 1.54) is 16.6 Å². The predicted octanol–water partition coefficient (Wildman–Crippen LogP) is 5.26. The summed E-state index contributed by atoms with van der Waals surface area (Å²) < 4.78 is 1.54. The Morgan fingerprint density at radius 2 is 1.92 bits per heavy atom. The van der Waals surface area contributed by atoms with Crippen molar-refractivity contribution < 1.29 is 4.79 Å². The molecule has 2 atom stereocenters. The number of hydrogen-bond acceptors (Lipinski definition) is 6. The molecule has 194 valence electrons. The first-order valence-corrected chi connectivity index (χ1v) is 13.1. The number of aromatic nitrogens is 7. The van der Waals surface area contributed by atoms with Crippen molar-refractivity contribution >= 4 is 23.6 Å². The van der Waals surface area contributed by atoms with Gasteiger partial charge in [-0.25, -0.2) is 4.98 Å². The first-order valence-electron chi connectivity index (χ1n) is 12.7. The summed E-state index contributed by atoms with van der Waals surface area (Å²) in [6, 6.07) is 21.2. The number of benzene rings is 2. The van der Waals surface area contributed by atoms with Crippen LogP contribution < -0.4 is 0 Å². The van der Waals surface area contributed by atoms with E-state index in [0.29, 0.717) is 11.6 Å². The number of aromatic amines is 1. The summed E-state index contributed by atoms with van der Waals surface area (Å²) in [6.45, 7) is 0.617. The molecule has 0 radical (unpaired) electrons. The Balaban J connectivity index is 1.35. The number of imidazole rings is 1. The largest absolute Gasteiger partial charge is 0.339 e. The van der Waals surface area contributed by atoms with Crippen molar-refractivity contribution in [1.82, 2.24) is 40.1 Å². The maximum Gasteiger partial charge on any atom is 0.247 e. The number of rotatable bonds is 6. The highest BCUT2D eigenvalue weighted by Gasteiger charge is 2.37. The van der Waals surface area contributed by atoms with Gasteiger partial charge in [-0.05, 0) is 65.2 Å². The zero-order chi connectivity index (χ0) is 26.6. The van der Waals surface area contributed by atoms with E-state index in [1.54, 1.807) is 36.7 Å². The van der Waals surface area contributed by atoms with Gasteiger partial charge in [-0.1, -0.05) is 48.0 Å². The summed E-state index contributed by atoms with van der Waals surface area (Å²) in [5.41, 5.74) is 4.24. The van der Waals surface area contributed by atoms with Crippen LogP contribution in [0.2, 0.25) is 5.02 Å². The molecule has 0 spiro atoms. The van der Waals surface area contributed by atoms with Crippen molar-refractivity contribution in [2.75, 3.05) is 6.54 Å². The second-order valence-corrected chi connectivity index (χ2v) is 9.76. The van der Waals surface area contributed by atoms with E-state index < -0.39 is 0 Å². The number of nitrogens with zero attached hydrogens (tertiary/aromatic N) is 7. The van der Waals surface area contributed by atoms with Crippen molar-refractivity contribution in [2.24, 2.45) is 0 Å². The lowest BCUT2D eigenvalue weighted by molar-refractivity contribution is -0.130. The number of nitrogens with one attached hydrogen (secondary N) is 1. The van der Waals surface area contributed by atoms with Crippen LogP contribution in [0.1, 0.15) is 41.8 Å². The molecule has 1 aliphatic heterocycles. The maximum absolute atomic E-state index is 13.8. The van der Waals surface area contributed by atoms with Crippen molar-refractivity contribution in [2.45, 2.75) is 24.8 Å². The number of likely N-dealkylation sites (tertiary alicyclic amines) is 1. The van der Waals surface area contributed by atoms with Gasteiger partial charge in [-0.3, -0.25) is 9.78 Å². The first-order chi connectivity index (χ1) is 19.2. The van der Waals surface area contributed by atoms with E-state index in [-0.39, 0.29) is 17.9 Å². The second kappa shape index (κ2) is 11.0. The molecule has 1 aliphatic rings. The Kier molecular flexibility index (Phi) is 6.97. The lowest BCUT2D eigenvalue weighted by Gasteiger charge is -2.40. The molecule has 39 heavy (non-hydrogen) atoms. The Morgan fingerprint density at radius 1 is 1.05 bits per heavy atom. The summed E-state index contributed by atoms with van der Waals surface area (Å²) in [5, 5.41) is 12.0. The maximum atomic E-state index is 13.8. The first kappa shape index (κ1) is 24.7. The van der Waals surface area contributed by atoms with Gasteiger partial charge < -0.3 is 9.88 Å². The molecule has 1 amide bonds. The van der Waals surface area contributed by atoms with E-state index in [0.717, 1.165) is 41.3 Å². The van der Waals surface area contributed by atoms with Crippen LogP contribution in [0.5, 0.6) is 0 Å². The third-order valence-corrected chi connectivity index (χ3v) is 7.18. The molecule has 0 aliphatic carbocycles. The molecule has 10 heteroatoms. The summed E-state index contributed by atoms with van der Waals surface area (Å²) >= 11 is 6.28. The summed E-state index contributed by atoms with van der Waals surface area (Å²) in [6.07, 6.45) is 10.2. The number of pyridine rings is 1. The van der Waals surface area contributed by atoms with E-state index >= 15 is 0 Å². The van der Waals surface area contributed by atoms with Gasteiger partial charge >= 0.3 is 0 Å². The monoisotopic (exact) mass is 536 g/mol. The number of hydrogen-bond donors (Lipinski definition) is 1. The Labute approximate surface area is 230 Å². The number of H-pyrrole nitrogens is 1. The van der Waals surface area contributed by atoms with E-state index in [2.05, 4.69) is 37.6 Å². The van der Waals surface area contributed by atoms with Crippen molar-refractivity contribution in [3.8, 4) is 17.1 Å². The fourth-order valence-corrected chi connectivity index (χ4v) is 5.35. The minimum absolute atomic E-state index is 0.0861. The molecule has 4 heterocycles. The van der Waals surface area contributed by atoms with Crippen molar-refractivity contribution in [3.05, 3.63) is 114 Å². The molecule has 6 rings (SSSR count). The lowest BCUT2D eigenvalue weighted by Crippen LogP contribution is -2.41. The standard InChI is InChI=1S/C29H25ClN8O/c30-22-12-13-26(38-19-33-35-36-38)21(17-22)11-14-27(39)37-16-6-9-23(20-7-2-1-3-8-20)28(37)29-32-18-25(34-29)24-10-4-5-15-31-24/h1-5,7-8,10-15,17-19,23,28H,6,9,16H2,(H,32,34). The molecule has 0 saturated carbocycles. The van der Waals surface area contributed by atoms with Crippen LogP contribution in [-0.2, 0) is 4.79 Å². The highest BCUT2D eigenvalue weighted by Crippen LogP contribution is 2.42. The number of carbonyl (C=O) groups excluding carboxylic acids is 1. The van der Waals surface area contributed by atoms with Gasteiger partial charge in [0.1, 0.15) is 12.2 Å². The SMILES string of the molecule is O=C(C=Cc1cc(Cl)ccc1-n1cnnn1)N1CCCC(c2ccccc2)C1c1ncc(-c2ccccn2)[nH]1. The van der Waals surface area contributed by atoms with Crippen molar-refractivity contribution in [3.63, 3.8) is 0 Å². The molecule has 0 bridgehead atoms. The van der Waals surface area contributed by atoms with E-state index in [4.69, 9.17) is 16.6 Å². The lowest BCUT2D eigenvalue weighted by atomic mass is 9.83. The molecule has 9 nitrogen and oxygen atoms in total. The van der Waals surface area contributed by atoms with Gasteiger partial charge in [-0.2, -0.15) is 4.68 Å².